The van der Waals surface area contributed by atoms with Crippen molar-refractivity contribution in [3.63, 3.8) is 0 Å². The highest BCUT2D eigenvalue weighted by atomic mass is 35.5. The number of carbonyl (C=O) groups excluding carboxylic acids is 2. The van der Waals surface area contributed by atoms with Crippen LogP contribution in [-0.4, -0.2) is 23.1 Å². The summed E-state index contributed by atoms with van der Waals surface area (Å²) in [7, 11) is 0. The largest absolute Gasteiger partial charge is 0.452 e. The molecule has 0 fully saturated rings. The Morgan fingerprint density at radius 3 is 2.33 bits per heavy atom. The zero-order valence-electron chi connectivity index (χ0n) is 15.0. The highest BCUT2D eigenvalue weighted by Crippen LogP contribution is 2.18. The lowest BCUT2D eigenvalue weighted by Crippen LogP contribution is -2.21. The first-order chi connectivity index (χ1) is 12.9. The fourth-order valence-corrected chi connectivity index (χ4v) is 2.92. The van der Waals surface area contributed by atoms with Crippen LogP contribution in [-0.2, 0) is 9.53 Å². The molecule has 2 aromatic carbocycles. The van der Waals surface area contributed by atoms with Gasteiger partial charge in [-0.15, -0.1) is 0 Å². The highest BCUT2D eigenvalue weighted by Gasteiger charge is 2.12. The Kier molecular flexibility index (Phi) is 5.62. The van der Waals surface area contributed by atoms with Crippen molar-refractivity contribution >= 4 is 29.2 Å². The summed E-state index contributed by atoms with van der Waals surface area (Å²) in [5.74, 6) is -0.968. The second-order valence-corrected chi connectivity index (χ2v) is 6.57. The number of carbonyl (C=O) groups is 2. The third kappa shape index (κ3) is 4.57. The van der Waals surface area contributed by atoms with Gasteiger partial charge in [0.05, 0.1) is 5.56 Å². The van der Waals surface area contributed by atoms with Gasteiger partial charge in [-0.25, -0.2) is 4.79 Å². The van der Waals surface area contributed by atoms with Gasteiger partial charge in [0.25, 0.3) is 5.91 Å². The van der Waals surface area contributed by atoms with Gasteiger partial charge in [-0.05, 0) is 68.4 Å². The van der Waals surface area contributed by atoms with E-state index in [0.717, 1.165) is 17.1 Å². The summed E-state index contributed by atoms with van der Waals surface area (Å²) in [4.78, 5) is 24.3. The van der Waals surface area contributed by atoms with Crippen LogP contribution in [0, 0.1) is 13.8 Å². The number of nitrogens with zero attached hydrogens (tertiary/aromatic N) is 1. The van der Waals surface area contributed by atoms with Gasteiger partial charge in [-0.2, -0.15) is 0 Å². The molecular formula is C21H19ClN2O3. The van der Waals surface area contributed by atoms with Crippen LogP contribution in [0.3, 0.4) is 0 Å². The van der Waals surface area contributed by atoms with E-state index >= 15 is 0 Å². The minimum Gasteiger partial charge on any atom is -0.452 e. The van der Waals surface area contributed by atoms with Gasteiger partial charge in [-0.3, -0.25) is 4.79 Å². The molecule has 3 aromatic rings. The molecule has 6 heteroatoms. The number of amides is 1. The number of ether oxygens (including phenoxy) is 1. The third-order valence-electron chi connectivity index (χ3n) is 4.07. The summed E-state index contributed by atoms with van der Waals surface area (Å²) in [5.41, 5.74) is 3.98. The molecule has 1 aromatic heterocycles. The van der Waals surface area contributed by atoms with Crippen LogP contribution in [0.5, 0.6) is 0 Å². The Bertz CT molecular complexity index is 958. The second-order valence-electron chi connectivity index (χ2n) is 6.13. The lowest BCUT2D eigenvalue weighted by Gasteiger charge is -2.11. The fraction of sp³-hybridized carbons (Fsp3) is 0.143. The number of rotatable bonds is 5. The Labute approximate surface area is 162 Å². The number of aryl methyl sites for hydroxylation is 2. The van der Waals surface area contributed by atoms with E-state index in [2.05, 4.69) is 5.32 Å². The van der Waals surface area contributed by atoms with Crippen molar-refractivity contribution in [3.05, 3.63) is 82.6 Å². The van der Waals surface area contributed by atoms with Gasteiger partial charge in [0.1, 0.15) is 0 Å². The Hall–Kier alpha value is -3.05. The topological polar surface area (TPSA) is 60.3 Å². The van der Waals surface area contributed by atoms with Crippen molar-refractivity contribution in [2.45, 2.75) is 13.8 Å². The number of benzene rings is 2. The second kappa shape index (κ2) is 8.10. The molecule has 0 saturated carbocycles. The van der Waals surface area contributed by atoms with Crippen LogP contribution >= 0.6 is 11.6 Å². The molecule has 0 radical (unpaired) electrons. The van der Waals surface area contributed by atoms with Gasteiger partial charge in [0.15, 0.2) is 6.61 Å². The van der Waals surface area contributed by atoms with Crippen molar-refractivity contribution in [1.82, 2.24) is 4.57 Å². The molecule has 27 heavy (non-hydrogen) atoms. The molecule has 0 aliphatic carbocycles. The van der Waals surface area contributed by atoms with Crippen molar-refractivity contribution in [2.75, 3.05) is 11.9 Å². The quantitative estimate of drug-likeness (QED) is 0.659. The lowest BCUT2D eigenvalue weighted by molar-refractivity contribution is -0.119. The molecule has 3 rings (SSSR count). The Balaban J connectivity index is 1.64. The van der Waals surface area contributed by atoms with Crippen molar-refractivity contribution < 1.29 is 14.3 Å². The minimum absolute atomic E-state index is 0.368. The number of esters is 1. The molecule has 0 spiro atoms. The standard InChI is InChI=1S/C21H19ClN2O3/c1-14-6-7-15(2)24(14)19-5-3-4-16(12-19)21(26)27-13-20(25)23-18-10-8-17(22)9-11-18/h3-12H,13H2,1-2H3,(H,23,25). The van der Waals surface area contributed by atoms with Crippen LogP contribution in [0.2, 0.25) is 5.02 Å². The summed E-state index contributed by atoms with van der Waals surface area (Å²) in [6.07, 6.45) is 0. The zero-order chi connectivity index (χ0) is 19.4. The van der Waals surface area contributed by atoms with E-state index in [4.69, 9.17) is 16.3 Å². The molecule has 138 valence electrons. The fourth-order valence-electron chi connectivity index (χ4n) is 2.79. The molecule has 0 aliphatic rings. The van der Waals surface area contributed by atoms with Gasteiger partial charge in [-0.1, -0.05) is 17.7 Å². The number of aromatic nitrogens is 1. The SMILES string of the molecule is Cc1ccc(C)n1-c1cccc(C(=O)OCC(=O)Nc2ccc(Cl)cc2)c1. The molecule has 0 bridgehead atoms. The van der Waals surface area contributed by atoms with Crippen LogP contribution in [0.25, 0.3) is 5.69 Å². The maximum Gasteiger partial charge on any atom is 0.338 e. The van der Waals surface area contributed by atoms with E-state index in [1.165, 1.54) is 0 Å². The Morgan fingerprint density at radius 2 is 1.67 bits per heavy atom. The average Bonchev–Trinajstić information content (AvgIpc) is 3.00. The molecule has 1 amide bonds. The van der Waals surface area contributed by atoms with E-state index in [1.807, 2.05) is 36.6 Å². The molecular weight excluding hydrogens is 364 g/mol. The van der Waals surface area contributed by atoms with E-state index in [1.54, 1.807) is 42.5 Å². The van der Waals surface area contributed by atoms with Crippen LogP contribution in [0.4, 0.5) is 5.69 Å². The van der Waals surface area contributed by atoms with Gasteiger partial charge in [0.2, 0.25) is 0 Å². The summed E-state index contributed by atoms with van der Waals surface area (Å²) >= 11 is 5.80. The lowest BCUT2D eigenvalue weighted by atomic mass is 10.2. The summed E-state index contributed by atoms with van der Waals surface area (Å²) in [6, 6.07) is 17.8. The van der Waals surface area contributed by atoms with Gasteiger partial charge in [0, 0.05) is 27.8 Å². The maximum absolute atomic E-state index is 12.3. The molecule has 0 atom stereocenters. The number of hydrogen-bond donors (Lipinski definition) is 1. The van der Waals surface area contributed by atoms with Gasteiger partial charge < -0.3 is 14.6 Å². The van der Waals surface area contributed by atoms with Crippen LogP contribution in [0.1, 0.15) is 21.7 Å². The van der Waals surface area contributed by atoms with Crippen molar-refractivity contribution in [1.29, 1.82) is 0 Å². The van der Waals surface area contributed by atoms with Crippen molar-refractivity contribution in [2.24, 2.45) is 0 Å². The minimum atomic E-state index is -0.550. The normalized spacial score (nSPS) is 10.5. The molecule has 0 saturated heterocycles. The first-order valence-electron chi connectivity index (χ1n) is 8.42. The maximum atomic E-state index is 12.3. The van der Waals surface area contributed by atoms with Crippen LogP contribution in [0.15, 0.2) is 60.7 Å². The summed E-state index contributed by atoms with van der Waals surface area (Å²) in [5, 5.41) is 3.22. The van der Waals surface area contributed by atoms with E-state index in [-0.39, 0.29) is 6.61 Å². The van der Waals surface area contributed by atoms with Gasteiger partial charge >= 0.3 is 5.97 Å². The smallest absolute Gasteiger partial charge is 0.338 e. The highest BCUT2D eigenvalue weighted by molar-refractivity contribution is 6.30. The predicted octanol–water partition coefficient (Wildman–Crippen LogP) is 4.54. The van der Waals surface area contributed by atoms with E-state index < -0.39 is 11.9 Å². The third-order valence-corrected chi connectivity index (χ3v) is 4.33. The first kappa shape index (κ1) is 18.7. The molecule has 1 N–H and O–H groups in total. The number of anilines is 1. The monoisotopic (exact) mass is 382 g/mol. The van der Waals surface area contributed by atoms with E-state index in [9.17, 15) is 9.59 Å². The molecule has 0 aliphatic heterocycles. The average molecular weight is 383 g/mol. The predicted molar refractivity (Wildman–Crippen MR) is 106 cm³/mol. The summed E-state index contributed by atoms with van der Waals surface area (Å²) in [6.45, 7) is 3.63. The van der Waals surface area contributed by atoms with Crippen LogP contribution < -0.4 is 5.32 Å². The number of halogens is 1. The van der Waals surface area contributed by atoms with E-state index in [0.29, 0.717) is 16.3 Å². The molecule has 1 heterocycles. The molecule has 0 unspecified atom stereocenters. The number of nitrogens with one attached hydrogen (secondary N) is 1. The van der Waals surface area contributed by atoms with Crippen molar-refractivity contribution in [3.8, 4) is 5.69 Å². The Morgan fingerprint density at radius 1 is 1.00 bits per heavy atom. The molecule has 5 nitrogen and oxygen atoms in total. The number of hydrogen-bond acceptors (Lipinski definition) is 3. The summed E-state index contributed by atoms with van der Waals surface area (Å²) < 4.78 is 7.18. The zero-order valence-corrected chi connectivity index (χ0v) is 15.8. The first-order valence-corrected chi connectivity index (χ1v) is 8.80.